The number of carbonyl (C=O) groups is 1. The zero-order chi connectivity index (χ0) is 14.9. The van der Waals surface area contributed by atoms with Crippen molar-refractivity contribution in [2.45, 2.75) is 26.9 Å². The van der Waals surface area contributed by atoms with Crippen LogP contribution in [0.1, 0.15) is 29.8 Å². The highest BCUT2D eigenvalue weighted by atomic mass is 16.5. The summed E-state index contributed by atoms with van der Waals surface area (Å²) in [6, 6.07) is 7.70. The van der Waals surface area contributed by atoms with E-state index >= 15 is 0 Å². The summed E-state index contributed by atoms with van der Waals surface area (Å²) in [6.07, 6.45) is 1.70. The van der Waals surface area contributed by atoms with Crippen LogP contribution < -0.4 is 4.74 Å². The van der Waals surface area contributed by atoms with Gasteiger partial charge in [-0.1, -0.05) is 12.1 Å². The Morgan fingerprint density at radius 1 is 1.30 bits per heavy atom. The van der Waals surface area contributed by atoms with Crippen LogP contribution in [0.2, 0.25) is 0 Å². The minimum absolute atomic E-state index is 0.0654. The zero-order valence-electron chi connectivity index (χ0n) is 12.2. The molecular formula is C16H19NO3. The quantitative estimate of drug-likeness (QED) is 0.927. The van der Waals surface area contributed by atoms with E-state index in [9.17, 15) is 9.90 Å². The third-order valence-corrected chi connectivity index (χ3v) is 3.17. The fourth-order valence-electron chi connectivity index (χ4n) is 2.37. The molecular weight excluding hydrogens is 254 g/mol. The van der Waals surface area contributed by atoms with Crippen molar-refractivity contribution in [3.05, 3.63) is 41.6 Å². The summed E-state index contributed by atoms with van der Waals surface area (Å²) in [5, 5.41) is 9.22. The fraction of sp³-hybridized carbons (Fsp3) is 0.312. The molecule has 20 heavy (non-hydrogen) atoms. The van der Waals surface area contributed by atoms with Gasteiger partial charge in [0.2, 0.25) is 0 Å². The van der Waals surface area contributed by atoms with E-state index < -0.39 is 5.97 Å². The van der Waals surface area contributed by atoms with Gasteiger partial charge < -0.3 is 14.4 Å². The van der Waals surface area contributed by atoms with Gasteiger partial charge in [0.05, 0.1) is 17.4 Å². The molecule has 1 N–H and O–H groups in total. The minimum atomic E-state index is -0.911. The highest BCUT2D eigenvalue weighted by molar-refractivity contribution is 5.92. The Labute approximate surface area is 118 Å². The second kappa shape index (κ2) is 5.41. The number of aromatic carboxylic acids is 1. The smallest absolute Gasteiger partial charge is 0.337 e. The monoisotopic (exact) mass is 273 g/mol. The average molecular weight is 273 g/mol. The van der Waals surface area contributed by atoms with Crippen molar-refractivity contribution < 1.29 is 14.6 Å². The van der Waals surface area contributed by atoms with Crippen LogP contribution in [0, 0.1) is 6.92 Å². The highest BCUT2D eigenvalue weighted by Gasteiger charge is 2.19. The molecule has 0 aliphatic heterocycles. The Morgan fingerprint density at radius 2 is 1.95 bits per heavy atom. The van der Waals surface area contributed by atoms with E-state index in [1.807, 2.05) is 56.7 Å². The molecule has 0 fully saturated rings. The van der Waals surface area contributed by atoms with E-state index in [2.05, 4.69) is 0 Å². The van der Waals surface area contributed by atoms with Gasteiger partial charge in [-0.2, -0.15) is 0 Å². The molecule has 0 radical (unpaired) electrons. The molecule has 2 aromatic rings. The van der Waals surface area contributed by atoms with E-state index in [-0.39, 0.29) is 6.10 Å². The van der Waals surface area contributed by atoms with Gasteiger partial charge in [-0.25, -0.2) is 4.79 Å². The lowest BCUT2D eigenvalue weighted by molar-refractivity contribution is 0.0696. The Balaban J connectivity index is 2.60. The molecule has 106 valence electrons. The van der Waals surface area contributed by atoms with E-state index in [1.54, 1.807) is 6.20 Å². The van der Waals surface area contributed by atoms with Crippen LogP contribution in [-0.4, -0.2) is 21.7 Å². The number of aryl methyl sites for hydroxylation is 1. The van der Waals surface area contributed by atoms with Crippen LogP contribution in [0.15, 0.2) is 30.5 Å². The maximum atomic E-state index is 11.2. The first-order chi connectivity index (χ1) is 9.41. The Bertz CT molecular complexity index is 641. The van der Waals surface area contributed by atoms with Gasteiger partial charge >= 0.3 is 5.97 Å². The number of aromatic nitrogens is 1. The maximum absolute atomic E-state index is 11.2. The van der Waals surface area contributed by atoms with E-state index in [0.29, 0.717) is 5.56 Å². The van der Waals surface area contributed by atoms with Crippen LogP contribution >= 0.6 is 0 Å². The largest absolute Gasteiger partial charge is 0.490 e. The first-order valence-electron chi connectivity index (χ1n) is 6.57. The predicted molar refractivity (Wildman–Crippen MR) is 78.3 cm³/mol. The summed E-state index contributed by atoms with van der Waals surface area (Å²) >= 11 is 0. The van der Waals surface area contributed by atoms with Gasteiger partial charge in [-0.15, -0.1) is 0 Å². The molecule has 0 saturated carbocycles. The molecule has 4 heteroatoms. The topological polar surface area (TPSA) is 51.5 Å². The van der Waals surface area contributed by atoms with Crippen molar-refractivity contribution in [3.63, 3.8) is 0 Å². The number of rotatable bonds is 4. The molecule has 2 rings (SSSR count). The molecule has 1 aromatic heterocycles. The van der Waals surface area contributed by atoms with Crippen molar-refractivity contribution in [2.24, 2.45) is 7.05 Å². The van der Waals surface area contributed by atoms with Crippen molar-refractivity contribution in [2.75, 3.05) is 0 Å². The van der Waals surface area contributed by atoms with Gasteiger partial charge in [0.25, 0.3) is 0 Å². The summed E-state index contributed by atoms with van der Waals surface area (Å²) in [6.45, 7) is 5.76. The van der Waals surface area contributed by atoms with Crippen molar-refractivity contribution in [1.29, 1.82) is 0 Å². The second-order valence-corrected chi connectivity index (χ2v) is 5.10. The van der Waals surface area contributed by atoms with Crippen LogP contribution in [0.4, 0.5) is 0 Å². The Hall–Kier alpha value is -2.23. The standard InChI is InChI=1S/C16H19NO3/c1-10(2)20-14-8-6-5-7-12(14)15-11(3)13(16(18)19)9-17(15)4/h5-10H,1-4H3,(H,18,19). The number of carboxylic acids is 1. The number of nitrogens with zero attached hydrogens (tertiary/aromatic N) is 1. The number of hydrogen-bond acceptors (Lipinski definition) is 2. The summed E-state index contributed by atoms with van der Waals surface area (Å²) < 4.78 is 7.65. The molecule has 0 bridgehead atoms. The van der Waals surface area contributed by atoms with E-state index in [1.165, 1.54) is 0 Å². The van der Waals surface area contributed by atoms with Gasteiger partial charge in [0, 0.05) is 18.8 Å². The molecule has 0 aliphatic carbocycles. The van der Waals surface area contributed by atoms with E-state index in [0.717, 1.165) is 22.6 Å². The number of hydrogen-bond donors (Lipinski definition) is 1. The Kier molecular flexibility index (Phi) is 3.84. The average Bonchev–Trinajstić information content (AvgIpc) is 2.65. The van der Waals surface area contributed by atoms with Crippen molar-refractivity contribution >= 4 is 5.97 Å². The summed E-state index contributed by atoms with van der Waals surface area (Å²) in [7, 11) is 1.85. The summed E-state index contributed by atoms with van der Waals surface area (Å²) in [5.41, 5.74) is 2.86. The van der Waals surface area contributed by atoms with E-state index in [4.69, 9.17) is 4.74 Å². The Morgan fingerprint density at radius 3 is 2.50 bits per heavy atom. The van der Waals surface area contributed by atoms with Crippen molar-refractivity contribution in [1.82, 2.24) is 4.57 Å². The zero-order valence-corrected chi connectivity index (χ0v) is 12.2. The van der Waals surface area contributed by atoms with Gasteiger partial charge in [0.15, 0.2) is 0 Å². The molecule has 0 spiro atoms. The second-order valence-electron chi connectivity index (χ2n) is 5.10. The number of carboxylic acid groups (broad SMARTS) is 1. The molecule has 0 unspecified atom stereocenters. The normalized spacial score (nSPS) is 10.8. The lowest BCUT2D eigenvalue weighted by atomic mass is 10.0. The summed E-state index contributed by atoms with van der Waals surface area (Å²) in [4.78, 5) is 11.2. The predicted octanol–water partition coefficient (Wildman–Crippen LogP) is 3.49. The van der Waals surface area contributed by atoms with Crippen LogP contribution in [-0.2, 0) is 7.05 Å². The third-order valence-electron chi connectivity index (χ3n) is 3.17. The molecule has 0 amide bonds. The molecule has 0 aliphatic rings. The first kappa shape index (κ1) is 14.2. The van der Waals surface area contributed by atoms with Crippen molar-refractivity contribution in [3.8, 4) is 17.0 Å². The lowest BCUT2D eigenvalue weighted by Crippen LogP contribution is -2.07. The number of benzene rings is 1. The summed E-state index contributed by atoms with van der Waals surface area (Å²) in [5.74, 6) is -0.143. The molecule has 0 saturated heterocycles. The minimum Gasteiger partial charge on any atom is -0.490 e. The molecule has 1 heterocycles. The SMILES string of the molecule is Cc1c(C(=O)O)cn(C)c1-c1ccccc1OC(C)C. The van der Waals surface area contributed by atoms with Crippen LogP contribution in [0.3, 0.4) is 0 Å². The number of ether oxygens (including phenoxy) is 1. The van der Waals surface area contributed by atoms with Gasteiger partial charge in [0.1, 0.15) is 5.75 Å². The third kappa shape index (κ3) is 2.54. The molecule has 1 aromatic carbocycles. The highest BCUT2D eigenvalue weighted by Crippen LogP contribution is 2.34. The van der Waals surface area contributed by atoms with Gasteiger partial charge in [-0.3, -0.25) is 0 Å². The molecule has 4 nitrogen and oxygen atoms in total. The van der Waals surface area contributed by atoms with Gasteiger partial charge in [-0.05, 0) is 38.5 Å². The maximum Gasteiger partial charge on any atom is 0.337 e. The fourth-order valence-corrected chi connectivity index (χ4v) is 2.37. The van der Waals surface area contributed by atoms with Crippen LogP contribution in [0.5, 0.6) is 5.75 Å². The first-order valence-corrected chi connectivity index (χ1v) is 6.57. The lowest BCUT2D eigenvalue weighted by Gasteiger charge is -2.15. The number of para-hydroxylation sites is 1. The van der Waals surface area contributed by atoms with Crippen LogP contribution in [0.25, 0.3) is 11.3 Å². The molecule has 0 atom stereocenters.